The van der Waals surface area contributed by atoms with Gasteiger partial charge in [-0.1, -0.05) is 35.9 Å². The minimum Gasteiger partial charge on any atom is -0.481 e. The first-order chi connectivity index (χ1) is 13.5. The summed E-state index contributed by atoms with van der Waals surface area (Å²) in [5.41, 5.74) is 3.24. The van der Waals surface area contributed by atoms with Crippen LogP contribution < -0.4 is 10.1 Å². The number of amides is 1. The third-order valence-electron chi connectivity index (χ3n) is 4.78. The van der Waals surface area contributed by atoms with Gasteiger partial charge in [0.2, 0.25) is 0 Å². The second-order valence-electron chi connectivity index (χ2n) is 7.10. The molecule has 1 atom stereocenters. The average molecular weight is 403 g/mol. The first-order valence-electron chi connectivity index (χ1n) is 9.60. The Balaban J connectivity index is 1.50. The van der Waals surface area contributed by atoms with Gasteiger partial charge in [0.05, 0.1) is 13.2 Å². The maximum absolute atomic E-state index is 12.4. The van der Waals surface area contributed by atoms with Crippen molar-refractivity contribution in [2.24, 2.45) is 0 Å². The minimum atomic E-state index is -0.586. The largest absolute Gasteiger partial charge is 0.481 e. The summed E-state index contributed by atoms with van der Waals surface area (Å²) in [6, 6.07) is 13.7. The van der Waals surface area contributed by atoms with Gasteiger partial charge < -0.3 is 14.8 Å². The number of benzene rings is 2. The molecule has 0 radical (unpaired) electrons. The molecule has 1 N–H and O–H groups in total. The number of ether oxygens (including phenoxy) is 2. The summed E-state index contributed by atoms with van der Waals surface area (Å²) in [6.07, 6.45) is -0.586. The fraction of sp³-hybridized carbons (Fsp3) is 0.409. The molecule has 1 aliphatic heterocycles. The Bertz CT molecular complexity index is 806. The van der Waals surface area contributed by atoms with E-state index in [9.17, 15) is 4.79 Å². The van der Waals surface area contributed by atoms with Gasteiger partial charge >= 0.3 is 0 Å². The molecule has 0 unspecified atom stereocenters. The zero-order valence-corrected chi connectivity index (χ0v) is 17.2. The molecule has 150 valence electrons. The minimum absolute atomic E-state index is 0.147. The molecule has 1 saturated heterocycles. The number of hydrogen-bond donors (Lipinski definition) is 1. The lowest BCUT2D eigenvalue weighted by atomic mass is 10.1. The summed E-state index contributed by atoms with van der Waals surface area (Å²) in [7, 11) is 0. The highest BCUT2D eigenvalue weighted by Crippen LogP contribution is 2.22. The van der Waals surface area contributed by atoms with Crippen LogP contribution in [0.3, 0.4) is 0 Å². The summed E-state index contributed by atoms with van der Waals surface area (Å²) in [4.78, 5) is 14.8. The molecule has 1 heterocycles. The van der Waals surface area contributed by atoms with E-state index < -0.39 is 6.10 Å². The van der Waals surface area contributed by atoms with Crippen molar-refractivity contribution < 1.29 is 14.3 Å². The number of nitrogens with zero attached hydrogens (tertiary/aromatic N) is 1. The Kier molecular flexibility index (Phi) is 7.31. The second-order valence-corrected chi connectivity index (χ2v) is 7.50. The second kappa shape index (κ2) is 9.92. The number of halogens is 1. The molecular formula is C22H27ClN2O3. The Labute approximate surface area is 171 Å². The Hall–Kier alpha value is -2.08. The van der Waals surface area contributed by atoms with E-state index in [-0.39, 0.29) is 5.91 Å². The summed E-state index contributed by atoms with van der Waals surface area (Å²) in [6.45, 7) is 8.53. The van der Waals surface area contributed by atoms with Gasteiger partial charge in [-0.05, 0) is 48.7 Å². The Morgan fingerprint density at radius 1 is 1.21 bits per heavy atom. The number of morpholine rings is 1. The normalized spacial score (nSPS) is 15.8. The molecule has 0 bridgehead atoms. The van der Waals surface area contributed by atoms with Crippen LogP contribution in [-0.4, -0.2) is 43.2 Å². The van der Waals surface area contributed by atoms with Crippen molar-refractivity contribution in [3.05, 3.63) is 64.2 Å². The molecule has 0 aliphatic carbocycles. The number of rotatable bonds is 7. The van der Waals surface area contributed by atoms with Crippen molar-refractivity contribution in [2.45, 2.75) is 33.0 Å². The highest BCUT2D eigenvalue weighted by atomic mass is 35.5. The van der Waals surface area contributed by atoms with Gasteiger partial charge in [-0.3, -0.25) is 9.69 Å². The van der Waals surface area contributed by atoms with E-state index >= 15 is 0 Å². The molecule has 1 aliphatic rings. The lowest BCUT2D eigenvalue weighted by Crippen LogP contribution is -2.36. The van der Waals surface area contributed by atoms with Crippen LogP contribution in [0.4, 0.5) is 0 Å². The summed E-state index contributed by atoms with van der Waals surface area (Å²) >= 11 is 6.03. The smallest absolute Gasteiger partial charge is 0.261 e. The number of carbonyl (C=O) groups excluding carboxylic acids is 1. The Morgan fingerprint density at radius 2 is 1.96 bits per heavy atom. The van der Waals surface area contributed by atoms with E-state index in [0.717, 1.165) is 44.0 Å². The van der Waals surface area contributed by atoms with E-state index in [1.165, 1.54) is 5.56 Å². The van der Waals surface area contributed by atoms with Crippen LogP contribution in [0.2, 0.25) is 5.02 Å². The summed E-state index contributed by atoms with van der Waals surface area (Å²) in [5.74, 6) is 0.489. The van der Waals surface area contributed by atoms with Crippen molar-refractivity contribution in [3.63, 3.8) is 0 Å². The third-order valence-corrected chi connectivity index (χ3v) is 5.20. The van der Waals surface area contributed by atoms with E-state index in [4.69, 9.17) is 21.1 Å². The van der Waals surface area contributed by atoms with Crippen molar-refractivity contribution in [3.8, 4) is 5.75 Å². The average Bonchev–Trinajstić information content (AvgIpc) is 2.70. The lowest BCUT2D eigenvalue weighted by Gasteiger charge is -2.26. The third kappa shape index (κ3) is 5.96. The fourth-order valence-corrected chi connectivity index (χ4v) is 3.25. The highest BCUT2D eigenvalue weighted by Gasteiger charge is 2.15. The van der Waals surface area contributed by atoms with Crippen LogP contribution in [0.1, 0.15) is 23.6 Å². The molecule has 2 aromatic carbocycles. The molecule has 0 saturated carbocycles. The molecule has 6 heteroatoms. The first-order valence-corrected chi connectivity index (χ1v) is 9.97. The van der Waals surface area contributed by atoms with Gasteiger partial charge in [-0.2, -0.15) is 0 Å². The van der Waals surface area contributed by atoms with Crippen molar-refractivity contribution in [1.82, 2.24) is 10.2 Å². The van der Waals surface area contributed by atoms with Gasteiger partial charge in [0.25, 0.3) is 5.91 Å². The zero-order chi connectivity index (χ0) is 19.9. The van der Waals surface area contributed by atoms with Crippen LogP contribution in [0.25, 0.3) is 0 Å². The van der Waals surface area contributed by atoms with E-state index in [1.807, 2.05) is 25.1 Å². The molecule has 2 aromatic rings. The number of nitrogens with one attached hydrogen (secondary N) is 1. The monoisotopic (exact) mass is 402 g/mol. The van der Waals surface area contributed by atoms with E-state index in [2.05, 4.69) is 22.3 Å². The highest BCUT2D eigenvalue weighted by molar-refractivity contribution is 6.31. The van der Waals surface area contributed by atoms with E-state index in [1.54, 1.807) is 19.1 Å². The molecule has 3 rings (SSSR count). The van der Waals surface area contributed by atoms with Crippen LogP contribution in [0.15, 0.2) is 42.5 Å². The molecule has 1 fully saturated rings. The molecule has 28 heavy (non-hydrogen) atoms. The summed E-state index contributed by atoms with van der Waals surface area (Å²) in [5, 5.41) is 3.63. The van der Waals surface area contributed by atoms with Crippen molar-refractivity contribution >= 4 is 17.5 Å². The van der Waals surface area contributed by atoms with Gasteiger partial charge in [-0.15, -0.1) is 0 Å². The number of hydrogen-bond acceptors (Lipinski definition) is 4. The van der Waals surface area contributed by atoms with Gasteiger partial charge in [0.15, 0.2) is 6.10 Å². The molecular weight excluding hydrogens is 376 g/mol. The maximum Gasteiger partial charge on any atom is 0.261 e. The van der Waals surface area contributed by atoms with Crippen LogP contribution in [-0.2, 0) is 22.6 Å². The molecule has 5 nitrogen and oxygen atoms in total. The van der Waals surface area contributed by atoms with Crippen LogP contribution in [0.5, 0.6) is 5.75 Å². The molecule has 1 amide bonds. The standard InChI is InChI=1S/C22H27ClN2O3/c1-16-12-20(6-7-21(16)23)28-17(2)22(26)24-14-18-4-3-5-19(13-18)15-25-8-10-27-11-9-25/h3-7,12-13,17H,8-11,14-15H2,1-2H3,(H,24,26)/t17-/m1/s1. The topological polar surface area (TPSA) is 50.8 Å². The quantitative estimate of drug-likeness (QED) is 0.769. The number of aryl methyl sites for hydroxylation is 1. The first kappa shape index (κ1) is 20.6. The maximum atomic E-state index is 12.4. The SMILES string of the molecule is Cc1cc(O[C@H](C)C(=O)NCc2cccc(CN3CCOCC3)c2)ccc1Cl. The number of carbonyl (C=O) groups is 1. The molecule has 0 aromatic heterocycles. The van der Waals surface area contributed by atoms with Crippen LogP contribution in [0, 0.1) is 6.92 Å². The zero-order valence-electron chi connectivity index (χ0n) is 16.4. The van der Waals surface area contributed by atoms with Gasteiger partial charge in [0.1, 0.15) is 5.75 Å². The summed E-state index contributed by atoms with van der Waals surface area (Å²) < 4.78 is 11.1. The van der Waals surface area contributed by atoms with Gasteiger partial charge in [0, 0.05) is 31.2 Å². The van der Waals surface area contributed by atoms with Crippen molar-refractivity contribution in [2.75, 3.05) is 26.3 Å². The predicted molar refractivity (Wildman–Crippen MR) is 111 cm³/mol. The Morgan fingerprint density at radius 3 is 2.71 bits per heavy atom. The van der Waals surface area contributed by atoms with Gasteiger partial charge in [-0.25, -0.2) is 0 Å². The molecule has 0 spiro atoms. The predicted octanol–water partition coefficient (Wildman–Crippen LogP) is 3.56. The fourth-order valence-electron chi connectivity index (χ4n) is 3.14. The van der Waals surface area contributed by atoms with Crippen molar-refractivity contribution in [1.29, 1.82) is 0 Å². The lowest BCUT2D eigenvalue weighted by molar-refractivity contribution is -0.127. The van der Waals surface area contributed by atoms with Crippen LogP contribution >= 0.6 is 11.6 Å². The van der Waals surface area contributed by atoms with E-state index in [0.29, 0.717) is 17.3 Å².